The van der Waals surface area contributed by atoms with Crippen LogP contribution in [0.2, 0.25) is 0 Å². The maximum atomic E-state index is 13.2. The number of benzene rings is 1. The van der Waals surface area contributed by atoms with Crippen molar-refractivity contribution in [1.29, 1.82) is 0 Å². The second-order valence-corrected chi connectivity index (χ2v) is 3.21. The van der Waals surface area contributed by atoms with Crippen molar-refractivity contribution in [3.63, 3.8) is 0 Å². The highest BCUT2D eigenvalue weighted by atomic mass is 19.2. The highest BCUT2D eigenvalue weighted by molar-refractivity contribution is 5.45. The van der Waals surface area contributed by atoms with E-state index in [1.807, 2.05) is 0 Å². The molecule has 0 amide bonds. The molecule has 2 aromatic rings. The Morgan fingerprint density at radius 2 is 1.88 bits per heavy atom. The minimum absolute atomic E-state index is 0.0832. The van der Waals surface area contributed by atoms with Gasteiger partial charge in [-0.2, -0.15) is 0 Å². The van der Waals surface area contributed by atoms with E-state index in [0.29, 0.717) is 0 Å². The molecule has 2 nitrogen and oxygen atoms in total. The molecule has 0 unspecified atom stereocenters. The number of hydrogen-bond donors (Lipinski definition) is 1. The fourth-order valence-electron chi connectivity index (χ4n) is 1.25. The first-order valence-corrected chi connectivity index (χ1v) is 4.57. The van der Waals surface area contributed by atoms with Gasteiger partial charge in [-0.25, -0.2) is 13.2 Å². The first-order valence-electron chi connectivity index (χ1n) is 4.57. The van der Waals surface area contributed by atoms with E-state index in [4.69, 9.17) is 4.42 Å². The van der Waals surface area contributed by atoms with Crippen molar-refractivity contribution in [2.75, 3.05) is 5.32 Å². The number of rotatable bonds is 3. The number of halogens is 3. The molecule has 1 aromatic heterocycles. The third-order valence-electron chi connectivity index (χ3n) is 2.10. The van der Waals surface area contributed by atoms with Gasteiger partial charge in [0.15, 0.2) is 17.5 Å². The number of nitrogens with one attached hydrogen (secondary N) is 1. The summed E-state index contributed by atoms with van der Waals surface area (Å²) in [6, 6.07) is 3.70. The molecule has 0 saturated heterocycles. The standard InChI is InChI=1S/C11H8F3NO/c12-8-1-2-9(11(14)10(8)13)15-5-7-3-4-16-6-7/h1-4,6,15H,5H2. The summed E-state index contributed by atoms with van der Waals surface area (Å²) in [5.41, 5.74) is 0.698. The van der Waals surface area contributed by atoms with Gasteiger partial charge in [0.05, 0.1) is 18.2 Å². The van der Waals surface area contributed by atoms with E-state index in [2.05, 4.69) is 5.32 Å². The fraction of sp³-hybridized carbons (Fsp3) is 0.0909. The lowest BCUT2D eigenvalue weighted by atomic mass is 10.2. The smallest absolute Gasteiger partial charge is 0.196 e. The molecule has 0 atom stereocenters. The van der Waals surface area contributed by atoms with Crippen molar-refractivity contribution in [3.8, 4) is 0 Å². The molecule has 1 N–H and O–H groups in total. The van der Waals surface area contributed by atoms with Gasteiger partial charge in [0, 0.05) is 12.1 Å². The molecule has 0 fully saturated rings. The molecule has 5 heteroatoms. The average Bonchev–Trinajstić information content (AvgIpc) is 2.78. The Morgan fingerprint density at radius 1 is 1.06 bits per heavy atom. The van der Waals surface area contributed by atoms with Crippen LogP contribution in [-0.2, 0) is 6.54 Å². The summed E-state index contributed by atoms with van der Waals surface area (Å²) >= 11 is 0. The van der Waals surface area contributed by atoms with Gasteiger partial charge in [-0.05, 0) is 18.2 Å². The quantitative estimate of drug-likeness (QED) is 0.814. The first-order chi connectivity index (χ1) is 7.68. The molecule has 0 aliphatic carbocycles. The predicted molar refractivity (Wildman–Crippen MR) is 52.4 cm³/mol. The Balaban J connectivity index is 2.13. The molecule has 0 bridgehead atoms. The van der Waals surface area contributed by atoms with Crippen LogP contribution in [0.15, 0.2) is 35.1 Å². The first kappa shape index (κ1) is 10.6. The van der Waals surface area contributed by atoms with Gasteiger partial charge in [-0.3, -0.25) is 0 Å². The zero-order valence-corrected chi connectivity index (χ0v) is 8.14. The van der Waals surface area contributed by atoms with Crippen molar-refractivity contribution in [2.45, 2.75) is 6.54 Å². The van der Waals surface area contributed by atoms with E-state index in [1.165, 1.54) is 12.5 Å². The van der Waals surface area contributed by atoms with Crippen LogP contribution in [0.25, 0.3) is 0 Å². The molecule has 16 heavy (non-hydrogen) atoms. The van der Waals surface area contributed by atoms with Gasteiger partial charge in [0.2, 0.25) is 0 Å². The van der Waals surface area contributed by atoms with Crippen LogP contribution < -0.4 is 5.32 Å². The number of furan rings is 1. The molecule has 0 saturated carbocycles. The van der Waals surface area contributed by atoms with E-state index < -0.39 is 17.5 Å². The second-order valence-electron chi connectivity index (χ2n) is 3.21. The number of hydrogen-bond acceptors (Lipinski definition) is 2. The third-order valence-corrected chi connectivity index (χ3v) is 2.10. The minimum atomic E-state index is -1.47. The normalized spacial score (nSPS) is 10.4. The van der Waals surface area contributed by atoms with Crippen molar-refractivity contribution >= 4 is 5.69 Å². The van der Waals surface area contributed by atoms with Crippen molar-refractivity contribution in [1.82, 2.24) is 0 Å². The zero-order chi connectivity index (χ0) is 11.5. The van der Waals surface area contributed by atoms with E-state index >= 15 is 0 Å². The van der Waals surface area contributed by atoms with Gasteiger partial charge < -0.3 is 9.73 Å². The molecule has 0 aliphatic heterocycles. The summed E-state index contributed by atoms with van der Waals surface area (Å²) in [5, 5.41) is 2.64. The van der Waals surface area contributed by atoms with Crippen LogP contribution in [0.5, 0.6) is 0 Å². The van der Waals surface area contributed by atoms with Crippen LogP contribution >= 0.6 is 0 Å². The lowest BCUT2D eigenvalue weighted by Crippen LogP contribution is -2.03. The van der Waals surface area contributed by atoms with Crippen LogP contribution in [0.3, 0.4) is 0 Å². The zero-order valence-electron chi connectivity index (χ0n) is 8.14. The third kappa shape index (κ3) is 2.03. The summed E-state index contributed by atoms with van der Waals surface area (Å²) in [7, 11) is 0. The summed E-state index contributed by atoms with van der Waals surface area (Å²) in [5.74, 6) is -3.90. The van der Waals surface area contributed by atoms with E-state index in [9.17, 15) is 13.2 Å². The summed E-state index contributed by atoms with van der Waals surface area (Å²) in [4.78, 5) is 0. The summed E-state index contributed by atoms with van der Waals surface area (Å²) < 4.78 is 43.5. The molecular formula is C11H8F3NO. The fourth-order valence-corrected chi connectivity index (χ4v) is 1.25. The Bertz CT molecular complexity index is 482. The average molecular weight is 227 g/mol. The molecule has 84 valence electrons. The lowest BCUT2D eigenvalue weighted by molar-refractivity contribution is 0.449. The SMILES string of the molecule is Fc1ccc(NCc2ccoc2)c(F)c1F. The molecule has 0 spiro atoms. The molecule has 1 aromatic carbocycles. The Kier molecular flexibility index (Phi) is 2.85. The monoisotopic (exact) mass is 227 g/mol. The molecule has 1 heterocycles. The number of anilines is 1. The van der Waals surface area contributed by atoms with E-state index in [0.717, 1.165) is 17.7 Å². The van der Waals surface area contributed by atoms with E-state index in [1.54, 1.807) is 6.07 Å². The van der Waals surface area contributed by atoms with Gasteiger partial charge >= 0.3 is 0 Å². The Morgan fingerprint density at radius 3 is 2.56 bits per heavy atom. The van der Waals surface area contributed by atoms with Gasteiger partial charge in [-0.15, -0.1) is 0 Å². The second kappa shape index (κ2) is 4.30. The van der Waals surface area contributed by atoms with Gasteiger partial charge in [0.1, 0.15) is 0 Å². The van der Waals surface area contributed by atoms with Gasteiger partial charge in [-0.1, -0.05) is 0 Å². The van der Waals surface area contributed by atoms with Gasteiger partial charge in [0.25, 0.3) is 0 Å². The summed E-state index contributed by atoms with van der Waals surface area (Å²) in [6.07, 6.45) is 2.95. The largest absolute Gasteiger partial charge is 0.472 e. The molecule has 2 rings (SSSR count). The topological polar surface area (TPSA) is 25.2 Å². The lowest BCUT2D eigenvalue weighted by Gasteiger charge is -2.06. The van der Waals surface area contributed by atoms with Crippen molar-refractivity contribution in [2.24, 2.45) is 0 Å². The van der Waals surface area contributed by atoms with Crippen LogP contribution in [0.4, 0.5) is 18.9 Å². The van der Waals surface area contributed by atoms with E-state index in [-0.39, 0.29) is 12.2 Å². The highest BCUT2D eigenvalue weighted by Crippen LogP contribution is 2.20. The van der Waals surface area contributed by atoms with Crippen LogP contribution in [0.1, 0.15) is 5.56 Å². The maximum absolute atomic E-state index is 13.2. The Labute approximate surface area is 89.7 Å². The van der Waals surface area contributed by atoms with Crippen LogP contribution in [-0.4, -0.2) is 0 Å². The molecule has 0 aliphatic rings. The van der Waals surface area contributed by atoms with Crippen molar-refractivity contribution in [3.05, 3.63) is 53.7 Å². The molecule has 0 radical (unpaired) electrons. The minimum Gasteiger partial charge on any atom is -0.472 e. The highest BCUT2D eigenvalue weighted by Gasteiger charge is 2.12. The maximum Gasteiger partial charge on any atom is 0.196 e. The van der Waals surface area contributed by atoms with Crippen molar-refractivity contribution < 1.29 is 17.6 Å². The van der Waals surface area contributed by atoms with Crippen LogP contribution in [0, 0.1) is 17.5 Å². The predicted octanol–water partition coefficient (Wildman–Crippen LogP) is 3.31. The molecular weight excluding hydrogens is 219 g/mol. The summed E-state index contributed by atoms with van der Waals surface area (Å²) in [6.45, 7) is 0.276. The Hall–Kier alpha value is -1.91.